The van der Waals surface area contributed by atoms with Crippen LogP contribution in [-0.2, 0) is 0 Å². The molecule has 0 spiro atoms. The molecular formula is C24H19N3O3. The van der Waals surface area contributed by atoms with Gasteiger partial charge in [-0.3, -0.25) is 9.79 Å². The van der Waals surface area contributed by atoms with E-state index in [9.17, 15) is 4.79 Å². The molecule has 0 bridgehead atoms. The van der Waals surface area contributed by atoms with Gasteiger partial charge in [0, 0.05) is 11.3 Å². The second kappa shape index (κ2) is 7.48. The monoisotopic (exact) mass is 397 g/mol. The molecule has 0 aliphatic carbocycles. The molecule has 1 amide bonds. The predicted molar refractivity (Wildman–Crippen MR) is 116 cm³/mol. The summed E-state index contributed by atoms with van der Waals surface area (Å²) in [6.45, 7) is 2.12. The summed E-state index contributed by atoms with van der Waals surface area (Å²) in [4.78, 5) is 22.7. The number of carbonyl (C=O) groups excluding carboxylic acids is 1. The molecule has 0 saturated carbocycles. The van der Waals surface area contributed by atoms with Crippen LogP contribution in [0.3, 0.4) is 0 Å². The van der Waals surface area contributed by atoms with E-state index in [0.717, 1.165) is 22.6 Å². The summed E-state index contributed by atoms with van der Waals surface area (Å²) in [5.74, 6) is 1.21. The molecule has 3 aromatic rings. The molecule has 6 heteroatoms. The predicted octanol–water partition coefficient (Wildman–Crippen LogP) is 4.77. The first-order valence-corrected chi connectivity index (χ1v) is 9.68. The summed E-state index contributed by atoms with van der Waals surface area (Å²) >= 11 is 0. The van der Waals surface area contributed by atoms with Crippen molar-refractivity contribution >= 4 is 28.8 Å². The fraction of sp³-hybridized carbons (Fsp3) is 0.125. The molecule has 6 nitrogen and oxygen atoms in total. The Balaban J connectivity index is 1.55. The topological polar surface area (TPSA) is 72.3 Å². The first-order chi connectivity index (χ1) is 14.7. The van der Waals surface area contributed by atoms with Gasteiger partial charge in [-0.15, -0.1) is 0 Å². The molecule has 0 unspecified atom stereocenters. The quantitative estimate of drug-likeness (QED) is 0.677. The Morgan fingerprint density at radius 1 is 0.900 bits per heavy atom. The van der Waals surface area contributed by atoms with E-state index < -0.39 is 0 Å². The van der Waals surface area contributed by atoms with E-state index >= 15 is 0 Å². The van der Waals surface area contributed by atoms with E-state index in [0.29, 0.717) is 22.9 Å². The summed E-state index contributed by atoms with van der Waals surface area (Å²) in [5.41, 5.74) is 3.84. The number of hydrogen-bond donors (Lipinski definition) is 1. The number of benzene rings is 3. The highest BCUT2D eigenvalue weighted by Gasteiger charge is 2.27. The van der Waals surface area contributed by atoms with Gasteiger partial charge in [-0.05, 0) is 42.8 Å². The van der Waals surface area contributed by atoms with E-state index in [1.807, 2.05) is 61.5 Å². The molecule has 5 rings (SSSR count). The molecule has 148 valence electrons. The zero-order valence-corrected chi connectivity index (χ0v) is 16.3. The number of amides is 1. The first kappa shape index (κ1) is 18.1. The smallest absolute Gasteiger partial charge is 0.256 e. The highest BCUT2D eigenvalue weighted by Crippen LogP contribution is 2.35. The number of fused-ring (bicyclic) bond motifs is 2. The Bertz CT molecular complexity index is 1190. The highest BCUT2D eigenvalue weighted by atomic mass is 16.7. The first-order valence-electron chi connectivity index (χ1n) is 9.68. The average Bonchev–Trinajstić information content (AvgIpc) is 3.18. The van der Waals surface area contributed by atoms with Crippen LogP contribution < -0.4 is 14.8 Å². The van der Waals surface area contributed by atoms with Crippen LogP contribution >= 0.6 is 0 Å². The standard InChI is InChI=1S/C24H19N3O3/c1-15-22(16-7-3-2-4-8-16)23(26-19-10-6-5-9-18(19)25-15)27-24(28)17-11-12-20-21(13-17)30-14-29-20/h2-13,22H,14H2,1H3,(H,26,27,28)/t22-/m0/s1. The Morgan fingerprint density at radius 3 is 2.40 bits per heavy atom. The van der Waals surface area contributed by atoms with Gasteiger partial charge < -0.3 is 14.8 Å². The van der Waals surface area contributed by atoms with Crippen LogP contribution in [-0.4, -0.2) is 24.2 Å². The normalized spacial score (nSPS) is 16.8. The van der Waals surface area contributed by atoms with E-state index in [1.54, 1.807) is 18.2 Å². The molecule has 1 atom stereocenters. The third-order valence-electron chi connectivity index (χ3n) is 5.12. The van der Waals surface area contributed by atoms with E-state index in [4.69, 9.17) is 19.5 Å². The highest BCUT2D eigenvalue weighted by molar-refractivity contribution is 6.19. The van der Waals surface area contributed by atoms with Crippen molar-refractivity contribution in [3.8, 4) is 11.5 Å². The van der Waals surface area contributed by atoms with Crippen molar-refractivity contribution in [1.29, 1.82) is 0 Å². The van der Waals surface area contributed by atoms with Gasteiger partial charge in [0.05, 0.1) is 17.3 Å². The molecule has 3 aromatic carbocycles. The van der Waals surface area contributed by atoms with Crippen molar-refractivity contribution in [2.45, 2.75) is 12.8 Å². The molecule has 0 radical (unpaired) electrons. The van der Waals surface area contributed by atoms with Crippen molar-refractivity contribution in [2.75, 3.05) is 6.79 Å². The maximum Gasteiger partial charge on any atom is 0.256 e. The molecule has 30 heavy (non-hydrogen) atoms. The van der Waals surface area contributed by atoms with Crippen molar-refractivity contribution < 1.29 is 14.3 Å². The van der Waals surface area contributed by atoms with Gasteiger partial charge in [-0.1, -0.05) is 42.5 Å². The Hall–Kier alpha value is -3.93. The maximum absolute atomic E-state index is 13.1. The van der Waals surface area contributed by atoms with Gasteiger partial charge in [0.25, 0.3) is 5.91 Å². The number of nitrogens with zero attached hydrogens (tertiary/aromatic N) is 2. The molecule has 0 fully saturated rings. The number of rotatable bonds is 2. The Labute approximate surface area is 173 Å². The molecule has 0 aromatic heterocycles. The van der Waals surface area contributed by atoms with Gasteiger partial charge >= 0.3 is 0 Å². The second-order valence-electron chi connectivity index (χ2n) is 7.10. The van der Waals surface area contributed by atoms with E-state index in [1.165, 1.54) is 0 Å². The van der Waals surface area contributed by atoms with Crippen molar-refractivity contribution in [1.82, 2.24) is 5.32 Å². The second-order valence-corrected chi connectivity index (χ2v) is 7.10. The van der Waals surface area contributed by atoms with Crippen LogP contribution in [0.1, 0.15) is 28.8 Å². The molecule has 1 N–H and O–H groups in total. The zero-order chi connectivity index (χ0) is 20.5. The fourth-order valence-corrected chi connectivity index (χ4v) is 3.67. The summed E-state index contributed by atoms with van der Waals surface area (Å²) in [6.07, 6.45) is 0. The minimum absolute atomic E-state index is 0.162. The van der Waals surface area contributed by atoms with Crippen LogP contribution in [0.5, 0.6) is 11.5 Å². The van der Waals surface area contributed by atoms with Crippen LogP contribution in [0.25, 0.3) is 0 Å². The van der Waals surface area contributed by atoms with Crippen LogP contribution in [0.2, 0.25) is 0 Å². The lowest BCUT2D eigenvalue weighted by atomic mass is 9.93. The zero-order valence-electron chi connectivity index (χ0n) is 16.3. The number of para-hydroxylation sites is 2. The van der Waals surface area contributed by atoms with E-state index in [-0.39, 0.29) is 18.6 Å². The lowest BCUT2D eigenvalue weighted by Gasteiger charge is -2.19. The lowest BCUT2D eigenvalue weighted by molar-refractivity contribution is 0.0976. The lowest BCUT2D eigenvalue weighted by Crippen LogP contribution is -2.37. The third-order valence-corrected chi connectivity index (χ3v) is 5.12. The van der Waals surface area contributed by atoms with Crippen LogP contribution in [0.4, 0.5) is 11.4 Å². The number of hydrogen-bond acceptors (Lipinski definition) is 5. The van der Waals surface area contributed by atoms with Crippen LogP contribution in [0.15, 0.2) is 82.8 Å². The van der Waals surface area contributed by atoms with Crippen molar-refractivity contribution in [2.24, 2.45) is 9.98 Å². The molecule has 2 aliphatic heterocycles. The fourth-order valence-electron chi connectivity index (χ4n) is 3.67. The van der Waals surface area contributed by atoms with Crippen molar-refractivity contribution in [3.05, 3.63) is 83.9 Å². The number of amidine groups is 1. The summed E-state index contributed by atoms with van der Waals surface area (Å²) in [5, 5.41) is 3.02. The van der Waals surface area contributed by atoms with Crippen LogP contribution in [0, 0.1) is 0 Å². The van der Waals surface area contributed by atoms with E-state index in [2.05, 4.69) is 5.32 Å². The average molecular weight is 397 g/mol. The summed E-state index contributed by atoms with van der Waals surface area (Å²) in [6, 6.07) is 22.7. The SMILES string of the molecule is CC1=Nc2ccccc2N=C(NC(=O)c2ccc3c(c2)OCO3)[C@@H]1c1ccccc1. The minimum atomic E-state index is -0.267. The Morgan fingerprint density at radius 2 is 1.60 bits per heavy atom. The largest absolute Gasteiger partial charge is 0.454 e. The number of nitrogens with one attached hydrogen (secondary N) is 1. The number of ether oxygens (including phenoxy) is 2. The maximum atomic E-state index is 13.1. The molecule has 2 heterocycles. The third kappa shape index (κ3) is 3.33. The van der Waals surface area contributed by atoms with Crippen molar-refractivity contribution in [3.63, 3.8) is 0 Å². The van der Waals surface area contributed by atoms with Gasteiger partial charge in [0.2, 0.25) is 6.79 Å². The Kier molecular flexibility index (Phi) is 4.52. The van der Waals surface area contributed by atoms with Gasteiger partial charge in [-0.2, -0.15) is 0 Å². The van der Waals surface area contributed by atoms with Gasteiger partial charge in [-0.25, -0.2) is 4.99 Å². The molecular weight excluding hydrogens is 378 g/mol. The number of carbonyl (C=O) groups is 1. The minimum Gasteiger partial charge on any atom is -0.454 e. The number of aliphatic imine (C=N–C) groups is 2. The van der Waals surface area contributed by atoms with Gasteiger partial charge in [0.15, 0.2) is 11.5 Å². The summed E-state index contributed by atoms with van der Waals surface area (Å²) < 4.78 is 10.7. The van der Waals surface area contributed by atoms with Gasteiger partial charge in [0.1, 0.15) is 5.84 Å². The summed E-state index contributed by atoms with van der Waals surface area (Å²) in [7, 11) is 0. The molecule has 0 saturated heterocycles. The molecule has 2 aliphatic rings.